The molecule has 1 aliphatic rings. The van der Waals surface area contributed by atoms with E-state index in [9.17, 15) is 9.90 Å². The molecule has 3 nitrogen and oxygen atoms in total. The molecule has 0 amide bonds. The second-order valence-electron chi connectivity index (χ2n) is 4.77. The van der Waals surface area contributed by atoms with Gasteiger partial charge in [0.25, 0.3) is 0 Å². The van der Waals surface area contributed by atoms with Gasteiger partial charge >= 0.3 is 5.97 Å². The molecule has 3 heteroatoms. The van der Waals surface area contributed by atoms with Crippen LogP contribution in [-0.4, -0.2) is 15.6 Å². The quantitative estimate of drug-likeness (QED) is 0.859. The summed E-state index contributed by atoms with van der Waals surface area (Å²) in [5.74, 6) is -0.377. The van der Waals surface area contributed by atoms with E-state index in [1.165, 1.54) is 6.42 Å². The first kappa shape index (κ1) is 10.4. The summed E-state index contributed by atoms with van der Waals surface area (Å²) in [6.07, 6.45) is 3.45. The van der Waals surface area contributed by atoms with Gasteiger partial charge in [-0.25, -0.2) is 4.79 Å². The smallest absolute Gasteiger partial charge is 0.352 e. The number of aromatic carboxylic acids is 1. The van der Waals surface area contributed by atoms with Crippen LogP contribution in [-0.2, 0) is 7.05 Å². The van der Waals surface area contributed by atoms with Gasteiger partial charge in [0, 0.05) is 18.0 Å². The lowest BCUT2D eigenvalue weighted by Crippen LogP contribution is -2.14. The molecular formula is C14H15NO2. The highest BCUT2D eigenvalue weighted by Gasteiger charge is 2.29. The molecule has 0 atom stereocenters. The largest absolute Gasteiger partial charge is 0.477 e. The number of nitrogens with zero attached hydrogens (tertiary/aromatic N) is 1. The van der Waals surface area contributed by atoms with E-state index in [4.69, 9.17) is 0 Å². The number of benzene rings is 1. The molecule has 0 spiro atoms. The number of carboxylic acid groups (broad SMARTS) is 1. The van der Waals surface area contributed by atoms with E-state index in [1.54, 1.807) is 0 Å². The van der Waals surface area contributed by atoms with E-state index in [-0.39, 0.29) is 0 Å². The molecule has 2 aromatic rings. The minimum Gasteiger partial charge on any atom is -0.477 e. The van der Waals surface area contributed by atoms with Crippen molar-refractivity contribution >= 4 is 16.9 Å². The van der Waals surface area contributed by atoms with Gasteiger partial charge in [0.2, 0.25) is 0 Å². The van der Waals surface area contributed by atoms with Gasteiger partial charge in [-0.05, 0) is 30.4 Å². The lowest BCUT2D eigenvalue weighted by atomic mass is 9.78. The Balaban J connectivity index is 2.35. The Morgan fingerprint density at radius 1 is 1.35 bits per heavy atom. The average molecular weight is 229 g/mol. The van der Waals surface area contributed by atoms with Gasteiger partial charge in [-0.15, -0.1) is 0 Å². The summed E-state index contributed by atoms with van der Waals surface area (Å²) in [6.45, 7) is 0. The zero-order valence-corrected chi connectivity index (χ0v) is 9.81. The summed E-state index contributed by atoms with van der Waals surface area (Å²) < 4.78 is 1.81. The van der Waals surface area contributed by atoms with Gasteiger partial charge in [-0.3, -0.25) is 0 Å². The second-order valence-corrected chi connectivity index (χ2v) is 4.77. The maximum Gasteiger partial charge on any atom is 0.352 e. The summed E-state index contributed by atoms with van der Waals surface area (Å²) in [7, 11) is 1.84. The van der Waals surface area contributed by atoms with Crippen molar-refractivity contribution in [1.29, 1.82) is 0 Å². The Bertz CT molecular complexity index is 594. The van der Waals surface area contributed by atoms with Gasteiger partial charge in [0.1, 0.15) is 5.69 Å². The molecule has 0 saturated heterocycles. The average Bonchev–Trinajstić information content (AvgIpc) is 2.51. The monoisotopic (exact) mass is 229 g/mol. The van der Waals surface area contributed by atoms with Crippen LogP contribution >= 0.6 is 0 Å². The molecule has 0 unspecified atom stereocenters. The van der Waals surface area contributed by atoms with E-state index in [0.29, 0.717) is 11.6 Å². The fraction of sp³-hybridized carbons (Fsp3) is 0.357. The van der Waals surface area contributed by atoms with Crippen molar-refractivity contribution in [3.05, 3.63) is 35.5 Å². The zero-order valence-electron chi connectivity index (χ0n) is 9.81. The van der Waals surface area contributed by atoms with Crippen LogP contribution in [0.4, 0.5) is 0 Å². The summed E-state index contributed by atoms with van der Waals surface area (Å²) in [5, 5.41) is 10.5. The van der Waals surface area contributed by atoms with E-state index in [0.717, 1.165) is 29.3 Å². The first-order valence-electron chi connectivity index (χ1n) is 6.00. The van der Waals surface area contributed by atoms with Crippen LogP contribution in [0.2, 0.25) is 0 Å². The van der Waals surface area contributed by atoms with Crippen molar-refractivity contribution in [2.24, 2.45) is 7.05 Å². The second kappa shape index (κ2) is 3.62. The van der Waals surface area contributed by atoms with Crippen LogP contribution < -0.4 is 0 Å². The van der Waals surface area contributed by atoms with Crippen molar-refractivity contribution in [2.75, 3.05) is 0 Å². The topological polar surface area (TPSA) is 42.2 Å². The Labute approximate surface area is 99.7 Å². The van der Waals surface area contributed by atoms with Gasteiger partial charge in [0.05, 0.1) is 0 Å². The van der Waals surface area contributed by atoms with Gasteiger partial charge in [-0.2, -0.15) is 0 Å². The van der Waals surface area contributed by atoms with E-state index < -0.39 is 5.97 Å². The molecule has 0 aliphatic heterocycles. The summed E-state index contributed by atoms with van der Waals surface area (Å²) >= 11 is 0. The molecule has 17 heavy (non-hydrogen) atoms. The van der Waals surface area contributed by atoms with E-state index in [1.807, 2.05) is 35.9 Å². The first-order chi connectivity index (χ1) is 8.20. The third-order valence-corrected chi connectivity index (χ3v) is 3.86. The third-order valence-electron chi connectivity index (χ3n) is 3.86. The van der Waals surface area contributed by atoms with Crippen molar-refractivity contribution in [2.45, 2.75) is 25.2 Å². The fourth-order valence-corrected chi connectivity index (χ4v) is 2.79. The summed E-state index contributed by atoms with van der Waals surface area (Å²) in [4.78, 5) is 11.4. The number of fused-ring (bicyclic) bond motifs is 1. The van der Waals surface area contributed by atoms with Crippen LogP contribution in [0.3, 0.4) is 0 Å². The standard InChI is InChI=1S/C14H15NO2/c1-15-11-8-3-2-7-10(11)12(9-5-4-6-9)13(15)14(16)17/h2-3,7-9H,4-6H2,1H3,(H,16,17). The molecular weight excluding hydrogens is 214 g/mol. The molecule has 0 radical (unpaired) electrons. The molecule has 1 aliphatic carbocycles. The molecule has 1 N–H and O–H groups in total. The van der Waals surface area contributed by atoms with Crippen molar-refractivity contribution in [1.82, 2.24) is 4.57 Å². The molecule has 1 saturated carbocycles. The fourth-order valence-electron chi connectivity index (χ4n) is 2.79. The minimum atomic E-state index is -0.814. The number of carboxylic acids is 1. The number of aryl methyl sites for hydroxylation is 1. The predicted molar refractivity (Wildman–Crippen MR) is 66.5 cm³/mol. The van der Waals surface area contributed by atoms with Crippen LogP contribution in [0.1, 0.15) is 41.2 Å². The SMILES string of the molecule is Cn1c(C(=O)O)c(C2CCC2)c2ccccc21. The summed E-state index contributed by atoms with van der Waals surface area (Å²) in [5.41, 5.74) is 2.53. The van der Waals surface area contributed by atoms with E-state index >= 15 is 0 Å². The molecule has 1 aromatic carbocycles. The highest BCUT2D eigenvalue weighted by atomic mass is 16.4. The minimum absolute atomic E-state index is 0.437. The molecule has 0 bridgehead atoms. The highest BCUT2D eigenvalue weighted by molar-refractivity contribution is 5.98. The molecule has 1 fully saturated rings. The maximum atomic E-state index is 11.4. The van der Waals surface area contributed by atoms with Crippen molar-refractivity contribution in [3.8, 4) is 0 Å². The van der Waals surface area contributed by atoms with Crippen LogP contribution in [0.25, 0.3) is 10.9 Å². The lowest BCUT2D eigenvalue weighted by molar-refractivity contribution is 0.0684. The molecule has 3 rings (SSSR count). The number of para-hydroxylation sites is 1. The first-order valence-corrected chi connectivity index (χ1v) is 6.00. The Morgan fingerprint density at radius 3 is 2.65 bits per heavy atom. The number of hydrogen-bond donors (Lipinski definition) is 1. The molecule has 1 aromatic heterocycles. The molecule has 1 heterocycles. The van der Waals surface area contributed by atoms with E-state index in [2.05, 4.69) is 0 Å². The number of hydrogen-bond acceptors (Lipinski definition) is 1. The Kier molecular flexibility index (Phi) is 2.21. The lowest BCUT2D eigenvalue weighted by Gasteiger charge is -2.26. The van der Waals surface area contributed by atoms with Crippen LogP contribution in [0.5, 0.6) is 0 Å². The predicted octanol–water partition coefficient (Wildman–Crippen LogP) is 3.14. The zero-order chi connectivity index (χ0) is 12.0. The van der Waals surface area contributed by atoms with Crippen LogP contribution in [0, 0.1) is 0 Å². The van der Waals surface area contributed by atoms with Crippen LogP contribution in [0.15, 0.2) is 24.3 Å². The summed E-state index contributed by atoms with van der Waals surface area (Å²) in [6, 6.07) is 7.97. The number of carbonyl (C=O) groups is 1. The third kappa shape index (κ3) is 1.38. The van der Waals surface area contributed by atoms with Gasteiger partial charge < -0.3 is 9.67 Å². The normalized spacial score (nSPS) is 16.1. The Morgan fingerprint density at radius 2 is 2.06 bits per heavy atom. The Hall–Kier alpha value is -1.77. The molecule has 88 valence electrons. The highest BCUT2D eigenvalue weighted by Crippen LogP contribution is 2.42. The maximum absolute atomic E-state index is 11.4. The van der Waals surface area contributed by atoms with Gasteiger partial charge in [0.15, 0.2) is 0 Å². The number of rotatable bonds is 2. The van der Waals surface area contributed by atoms with Crippen molar-refractivity contribution in [3.63, 3.8) is 0 Å². The van der Waals surface area contributed by atoms with Crippen molar-refractivity contribution < 1.29 is 9.90 Å². The number of aromatic nitrogens is 1. The van der Waals surface area contributed by atoms with Gasteiger partial charge in [-0.1, -0.05) is 24.6 Å².